The number of nitrogens with two attached hydrogens (primary N) is 1. The van der Waals surface area contributed by atoms with Gasteiger partial charge < -0.3 is 15.8 Å². The van der Waals surface area contributed by atoms with Crippen molar-refractivity contribution in [1.82, 2.24) is 0 Å². The van der Waals surface area contributed by atoms with Crippen molar-refractivity contribution in [2.75, 3.05) is 35.9 Å². The Balaban J connectivity index is 1.99. The SMILES string of the molecule is NCCOCCN(c1ccccc1Nc1ccc(Cl)cc1)S(=O)(=O)c1ccc(Cl)cc1. The quantitative estimate of drug-likeness (QED) is 0.403. The number of hydrogen-bond acceptors (Lipinski definition) is 5. The van der Waals surface area contributed by atoms with Crippen molar-refractivity contribution in [1.29, 1.82) is 0 Å². The molecule has 6 nitrogen and oxygen atoms in total. The van der Waals surface area contributed by atoms with Crippen LogP contribution in [-0.4, -0.2) is 34.7 Å². The van der Waals surface area contributed by atoms with E-state index in [1.54, 1.807) is 36.4 Å². The van der Waals surface area contributed by atoms with Crippen molar-refractivity contribution < 1.29 is 13.2 Å². The summed E-state index contributed by atoms with van der Waals surface area (Å²) >= 11 is 11.9. The first-order valence-electron chi connectivity index (χ1n) is 9.59. The number of para-hydroxylation sites is 2. The summed E-state index contributed by atoms with van der Waals surface area (Å²) in [5.41, 5.74) is 7.37. The standard InChI is InChI=1S/C22H23Cl2N3O3S/c23-17-5-9-19(10-6-17)26-21-3-1-2-4-22(21)27(14-16-30-15-13-25)31(28,29)20-11-7-18(24)8-12-20/h1-12,26H,13-16,25H2. The number of rotatable bonds is 10. The number of ether oxygens (including phenoxy) is 1. The molecule has 0 spiro atoms. The molecule has 0 heterocycles. The lowest BCUT2D eigenvalue weighted by Crippen LogP contribution is -2.35. The van der Waals surface area contributed by atoms with Gasteiger partial charge in [-0.3, -0.25) is 4.31 Å². The fourth-order valence-corrected chi connectivity index (χ4v) is 4.64. The number of benzene rings is 3. The van der Waals surface area contributed by atoms with Crippen molar-refractivity contribution in [3.05, 3.63) is 82.8 Å². The van der Waals surface area contributed by atoms with Crippen LogP contribution < -0.4 is 15.4 Å². The summed E-state index contributed by atoms with van der Waals surface area (Å²) < 4.78 is 33.8. The maximum Gasteiger partial charge on any atom is 0.264 e. The number of sulfonamides is 1. The van der Waals surface area contributed by atoms with Crippen molar-refractivity contribution in [2.45, 2.75) is 4.90 Å². The Bertz CT molecular complexity index is 1090. The minimum Gasteiger partial charge on any atom is -0.378 e. The molecule has 0 fully saturated rings. The van der Waals surface area contributed by atoms with Crippen LogP contribution in [0.25, 0.3) is 0 Å². The number of nitrogens with zero attached hydrogens (tertiary/aromatic N) is 1. The van der Waals surface area contributed by atoms with E-state index in [0.29, 0.717) is 34.6 Å². The molecule has 0 saturated carbocycles. The molecule has 0 unspecified atom stereocenters. The Hall–Kier alpha value is -2.29. The molecule has 0 amide bonds. The van der Waals surface area contributed by atoms with Crippen LogP contribution in [0.3, 0.4) is 0 Å². The lowest BCUT2D eigenvalue weighted by atomic mass is 10.2. The van der Waals surface area contributed by atoms with Gasteiger partial charge in [0, 0.05) is 22.3 Å². The number of hydrogen-bond donors (Lipinski definition) is 2. The Morgan fingerprint density at radius 1 is 0.871 bits per heavy atom. The highest BCUT2D eigenvalue weighted by molar-refractivity contribution is 7.92. The Kier molecular flexibility index (Phi) is 8.17. The average molecular weight is 480 g/mol. The van der Waals surface area contributed by atoms with Crippen LogP contribution in [0.1, 0.15) is 0 Å². The Morgan fingerprint density at radius 3 is 2.13 bits per heavy atom. The van der Waals surface area contributed by atoms with E-state index in [1.807, 2.05) is 24.3 Å². The molecule has 0 aliphatic carbocycles. The lowest BCUT2D eigenvalue weighted by molar-refractivity contribution is 0.150. The van der Waals surface area contributed by atoms with Crippen molar-refractivity contribution in [3.8, 4) is 0 Å². The molecular formula is C22H23Cl2N3O3S. The molecule has 0 aliphatic rings. The predicted octanol–water partition coefficient (Wildman–Crippen LogP) is 4.91. The molecule has 3 N–H and O–H groups in total. The maximum atomic E-state index is 13.5. The molecule has 0 atom stereocenters. The normalized spacial score (nSPS) is 11.3. The fourth-order valence-electron chi connectivity index (χ4n) is 2.92. The van der Waals surface area contributed by atoms with Crippen LogP contribution >= 0.6 is 23.2 Å². The van der Waals surface area contributed by atoms with Crippen LogP contribution in [0.5, 0.6) is 0 Å². The molecule has 9 heteroatoms. The molecule has 0 saturated heterocycles. The zero-order chi connectivity index (χ0) is 22.3. The van der Waals surface area contributed by atoms with Crippen molar-refractivity contribution in [2.24, 2.45) is 5.73 Å². The second-order valence-electron chi connectivity index (χ2n) is 6.58. The Morgan fingerprint density at radius 2 is 1.48 bits per heavy atom. The molecule has 164 valence electrons. The van der Waals surface area contributed by atoms with E-state index in [4.69, 9.17) is 33.7 Å². The highest BCUT2D eigenvalue weighted by Gasteiger charge is 2.26. The second kappa shape index (κ2) is 10.8. The molecule has 3 aromatic rings. The molecule has 31 heavy (non-hydrogen) atoms. The zero-order valence-electron chi connectivity index (χ0n) is 16.7. The molecular weight excluding hydrogens is 457 g/mol. The molecule has 0 aromatic heterocycles. The molecule has 3 rings (SSSR count). The van der Waals surface area contributed by atoms with Crippen molar-refractivity contribution in [3.63, 3.8) is 0 Å². The highest BCUT2D eigenvalue weighted by Crippen LogP contribution is 2.33. The summed E-state index contributed by atoms with van der Waals surface area (Å²) in [6.45, 7) is 1.02. The fraction of sp³-hybridized carbons (Fsp3) is 0.182. The number of anilines is 3. The largest absolute Gasteiger partial charge is 0.378 e. The van der Waals surface area contributed by atoms with Gasteiger partial charge in [-0.05, 0) is 60.7 Å². The van der Waals surface area contributed by atoms with Crippen LogP contribution in [0.15, 0.2) is 77.7 Å². The zero-order valence-corrected chi connectivity index (χ0v) is 19.0. The van der Waals surface area contributed by atoms with E-state index >= 15 is 0 Å². The summed E-state index contributed by atoms with van der Waals surface area (Å²) in [6.07, 6.45) is 0. The minimum atomic E-state index is -3.88. The topological polar surface area (TPSA) is 84.7 Å². The van der Waals surface area contributed by atoms with Gasteiger partial charge in [0.15, 0.2) is 0 Å². The lowest BCUT2D eigenvalue weighted by Gasteiger charge is -2.27. The third-order valence-electron chi connectivity index (χ3n) is 4.40. The van der Waals surface area contributed by atoms with E-state index in [1.165, 1.54) is 16.4 Å². The molecule has 0 bridgehead atoms. The van der Waals surface area contributed by atoms with Crippen LogP contribution in [0, 0.1) is 0 Å². The Labute approximate surface area is 192 Å². The van der Waals surface area contributed by atoms with E-state index in [2.05, 4.69) is 5.32 Å². The molecule has 0 radical (unpaired) electrons. The number of halogens is 2. The first-order valence-corrected chi connectivity index (χ1v) is 11.8. The smallest absolute Gasteiger partial charge is 0.264 e. The maximum absolute atomic E-state index is 13.5. The van der Waals surface area contributed by atoms with Gasteiger partial charge in [0.1, 0.15) is 0 Å². The average Bonchev–Trinajstić information content (AvgIpc) is 2.76. The first-order chi connectivity index (χ1) is 14.9. The first kappa shape index (κ1) is 23.4. The summed E-state index contributed by atoms with van der Waals surface area (Å²) in [4.78, 5) is 0.136. The monoisotopic (exact) mass is 479 g/mol. The number of nitrogens with one attached hydrogen (secondary N) is 1. The van der Waals surface area contributed by atoms with Gasteiger partial charge in [-0.1, -0.05) is 35.3 Å². The minimum absolute atomic E-state index is 0.115. The van der Waals surface area contributed by atoms with Crippen molar-refractivity contribution >= 4 is 50.3 Å². The van der Waals surface area contributed by atoms with Gasteiger partial charge in [0.25, 0.3) is 10.0 Å². The molecule has 3 aromatic carbocycles. The van der Waals surface area contributed by atoms with E-state index in [-0.39, 0.29) is 18.0 Å². The highest BCUT2D eigenvalue weighted by atomic mass is 35.5. The van der Waals surface area contributed by atoms with E-state index in [0.717, 1.165) is 5.69 Å². The van der Waals surface area contributed by atoms with Gasteiger partial charge in [-0.25, -0.2) is 8.42 Å². The molecule has 0 aliphatic heterocycles. The summed E-state index contributed by atoms with van der Waals surface area (Å²) in [7, 11) is -3.88. The third-order valence-corrected chi connectivity index (χ3v) is 6.73. The predicted molar refractivity (Wildman–Crippen MR) is 127 cm³/mol. The summed E-state index contributed by atoms with van der Waals surface area (Å²) in [6, 6.07) is 20.4. The van der Waals surface area contributed by atoms with E-state index < -0.39 is 10.0 Å². The van der Waals surface area contributed by atoms with Gasteiger partial charge >= 0.3 is 0 Å². The second-order valence-corrected chi connectivity index (χ2v) is 9.32. The third kappa shape index (κ3) is 6.12. The van der Waals surface area contributed by atoms with Gasteiger partial charge in [-0.2, -0.15) is 0 Å². The van der Waals surface area contributed by atoms with Crippen LogP contribution in [0.2, 0.25) is 10.0 Å². The summed E-state index contributed by atoms with van der Waals surface area (Å²) in [5, 5.41) is 4.34. The summed E-state index contributed by atoms with van der Waals surface area (Å²) in [5.74, 6) is 0. The van der Waals surface area contributed by atoms with Gasteiger partial charge in [-0.15, -0.1) is 0 Å². The van der Waals surface area contributed by atoms with E-state index in [9.17, 15) is 8.42 Å². The van der Waals surface area contributed by atoms with Gasteiger partial charge in [0.2, 0.25) is 0 Å². The van der Waals surface area contributed by atoms with Gasteiger partial charge in [0.05, 0.1) is 36.0 Å². The van der Waals surface area contributed by atoms with Crippen LogP contribution in [0.4, 0.5) is 17.1 Å². The van der Waals surface area contributed by atoms with Crippen LogP contribution in [-0.2, 0) is 14.8 Å².